The van der Waals surface area contributed by atoms with Gasteiger partial charge in [-0.1, -0.05) is 30.1 Å². The minimum atomic E-state index is -0.127. The lowest BCUT2D eigenvalue weighted by atomic mass is 9.97. The fourth-order valence-corrected chi connectivity index (χ4v) is 3.05. The van der Waals surface area contributed by atoms with Crippen molar-refractivity contribution in [2.24, 2.45) is 5.92 Å². The number of rotatable bonds is 5. The zero-order valence-corrected chi connectivity index (χ0v) is 15.2. The summed E-state index contributed by atoms with van der Waals surface area (Å²) in [5.74, 6) is -0.201. The van der Waals surface area contributed by atoms with Crippen molar-refractivity contribution in [3.05, 3.63) is 39.9 Å². The van der Waals surface area contributed by atoms with Gasteiger partial charge in [0.2, 0.25) is 11.8 Å². The Morgan fingerprint density at radius 1 is 1.38 bits per heavy atom. The third-order valence-corrected chi connectivity index (χ3v) is 4.60. The van der Waals surface area contributed by atoms with Crippen LogP contribution in [0.3, 0.4) is 0 Å². The minimum absolute atomic E-state index is 0.0382. The highest BCUT2D eigenvalue weighted by Gasteiger charge is 2.27. The Labute approximate surface area is 152 Å². The molecule has 6 heteroatoms. The molecule has 1 saturated heterocycles. The van der Waals surface area contributed by atoms with E-state index in [0.717, 1.165) is 19.3 Å². The van der Waals surface area contributed by atoms with Gasteiger partial charge in [-0.15, -0.1) is 0 Å². The predicted molar refractivity (Wildman–Crippen MR) is 98.1 cm³/mol. The molecule has 1 heterocycles. The summed E-state index contributed by atoms with van der Waals surface area (Å²) >= 11 is 12.0. The molecule has 24 heavy (non-hydrogen) atoms. The van der Waals surface area contributed by atoms with Crippen LogP contribution in [-0.2, 0) is 9.59 Å². The van der Waals surface area contributed by atoms with Crippen LogP contribution in [0.2, 0.25) is 10.0 Å². The molecule has 2 rings (SSSR count). The Morgan fingerprint density at radius 3 is 2.92 bits per heavy atom. The Balaban J connectivity index is 1.97. The molecule has 130 valence electrons. The molecule has 1 unspecified atom stereocenters. The van der Waals surface area contributed by atoms with Gasteiger partial charge in [0.05, 0.1) is 5.92 Å². The number of carbonyl (C=O) groups excluding carboxylic acids is 2. The second kappa shape index (κ2) is 9.09. The number of benzene rings is 1. The van der Waals surface area contributed by atoms with Crippen molar-refractivity contribution >= 4 is 41.1 Å². The quantitative estimate of drug-likeness (QED) is 0.804. The van der Waals surface area contributed by atoms with E-state index in [9.17, 15) is 9.59 Å². The largest absolute Gasteiger partial charge is 0.356 e. The number of hydrogen-bond acceptors (Lipinski definition) is 2. The van der Waals surface area contributed by atoms with Crippen LogP contribution < -0.4 is 5.32 Å². The van der Waals surface area contributed by atoms with Gasteiger partial charge < -0.3 is 10.2 Å². The van der Waals surface area contributed by atoms with Gasteiger partial charge in [-0.05, 0) is 49.1 Å². The van der Waals surface area contributed by atoms with Gasteiger partial charge in [0.25, 0.3) is 0 Å². The summed E-state index contributed by atoms with van der Waals surface area (Å²) in [6.45, 7) is 3.82. The molecule has 1 aliphatic rings. The highest BCUT2D eigenvalue weighted by Crippen LogP contribution is 2.22. The van der Waals surface area contributed by atoms with E-state index in [1.807, 2.05) is 6.92 Å². The van der Waals surface area contributed by atoms with E-state index in [0.29, 0.717) is 35.2 Å². The molecule has 2 amide bonds. The van der Waals surface area contributed by atoms with Gasteiger partial charge in [0.1, 0.15) is 0 Å². The van der Waals surface area contributed by atoms with Gasteiger partial charge in [-0.25, -0.2) is 0 Å². The molecule has 0 aliphatic carbocycles. The maximum absolute atomic E-state index is 12.4. The van der Waals surface area contributed by atoms with Crippen molar-refractivity contribution < 1.29 is 9.59 Å². The minimum Gasteiger partial charge on any atom is -0.356 e. The van der Waals surface area contributed by atoms with Crippen molar-refractivity contribution in [2.45, 2.75) is 26.2 Å². The second-order valence-electron chi connectivity index (χ2n) is 5.91. The molecule has 0 spiro atoms. The van der Waals surface area contributed by atoms with E-state index in [4.69, 9.17) is 23.2 Å². The number of nitrogens with zero attached hydrogens (tertiary/aromatic N) is 1. The topological polar surface area (TPSA) is 49.4 Å². The molecule has 0 radical (unpaired) electrons. The standard InChI is InChI=1S/C18H22Cl2N2O2/c1-2-9-21-18(24)14-4-3-10-22(12-14)17(23)8-5-13-11-15(19)6-7-16(13)20/h5-8,11,14H,2-4,9-10,12H2,1H3,(H,21,24)/b8-5+. The lowest BCUT2D eigenvalue weighted by Gasteiger charge is -2.31. The normalized spacial score (nSPS) is 18.0. The first kappa shape index (κ1) is 18.8. The number of amides is 2. The van der Waals surface area contributed by atoms with E-state index in [1.54, 1.807) is 29.2 Å². The Morgan fingerprint density at radius 2 is 2.17 bits per heavy atom. The van der Waals surface area contributed by atoms with Crippen LogP contribution in [-0.4, -0.2) is 36.3 Å². The van der Waals surface area contributed by atoms with Crippen LogP contribution in [0.15, 0.2) is 24.3 Å². The zero-order valence-electron chi connectivity index (χ0n) is 13.7. The van der Waals surface area contributed by atoms with Gasteiger partial charge in [0.15, 0.2) is 0 Å². The molecule has 0 aromatic heterocycles. The Bertz CT molecular complexity index is 631. The lowest BCUT2D eigenvalue weighted by molar-refractivity contribution is -0.132. The van der Waals surface area contributed by atoms with Crippen LogP contribution in [0.25, 0.3) is 6.08 Å². The third kappa shape index (κ3) is 5.25. The Kier molecular flexibility index (Phi) is 7.13. The number of hydrogen-bond donors (Lipinski definition) is 1. The van der Waals surface area contributed by atoms with E-state index in [1.165, 1.54) is 6.08 Å². The average molecular weight is 369 g/mol. The lowest BCUT2D eigenvalue weighted by Crippen LogP contribution is -2.45. The second-order valence-corrected chi connectivity index (χ2v) is 6.76. The Hall–Kier alpha value is -1.52. The first-order chi connectivity index (χ1) is 11.5. The van der Waals surface area contributed by atoms with Crippen LogP contribution in [0.1, 0.15) is 31.7 Å². The van der Waals surface area contributed by atoms with E-state index in [2.05, 4.69) is 5.32 Å². The summed E-state index contributed by atoms with van der Waals surface area (Å²) in [5.41, 5.74) is 0.701. The number of carbonyl (C=O) groups is 2. The van der Waals surface area contributed by atoms with Crippen molar-refractivity contribution in [1.82, 2.24) is 10.2 Å². The molecule has 1 atom stereocenters. The first-order valence-corrected chi connectivity index (χ1v) is 8.96. The van der Waals surface area contributed by atoms with Crippen LogP contribution in [0.4, 0.5) is 0 Å². The van der Waals surface area contributed by atoms with E-state index in [-0.39, 0.29) is 17.7 Å². The van der Waals surface area contributed by atoms with E-state index >= 15 is 0 Å². The summed E-state index contributed by atoms with van der Waals surface area (Å²) in [4.78, 5) is 26.2. The highest BCUT2D eigenvalue weighted by atomic mass is 35.5. The fraction of sp³-hybridized carbons (Fsp3) is 0.444. The average Bonchev–Trinajstić information content (AvgIpc) is 2.60. The third-order valence-electron chi connectivity index (χ3n) is 4.02. The molecular weight excluding hydrogens is 347 g/mol. The van der Waals surface area contributed by atoms with Crippen molar-refractivity contribution in [1.29, 1.82) is 0 Å². The van der Waals surface area contributed by atoms with Crippen molar-refractivity contribution in [3.8, 4) is 0 Å². The summed E-state index contributed by atoms with van der Waals surface area (Å²) < 4.78 is 0. The zero-order chi connectivity index (χ0) is 17.5. The van der Waals surface area contributed by atoms with Crippen molar-refractivity contribution in [2.75, 3.05) is 19.6 Å². The van der Waals surface area contributed by atoms with E-state index < -0.39 is 0 Å². The smallest absolute Gasteiger partial charge is 0.246 e. The summed E-state index contributed by atoms with van der Waals surface area (Å²) in [6.07, 6.45) is 5.72. The first-order valence-electron chi connectivity index (χ1n) is 8.21. The van der Waals surface area contributed by atoms with Gasteiger partial charge in [-0.2, -0.15) is 0 Å². The summed E-state index contributed by atoms with van der Waals surface area (Å²) in [5, 5.41) is 4.01. The number of nitrogens with one attached hydrogen (secondary N) is 1. The molecule has 1 aliphatic heterocycles. The molecule has 0 saturated carbocycles. The molecule has 1 aromatic rings. The summed E-state index contributed by atoms with van der Waals surface area (Å²) in [6, 6.07) is 5.11. The molecule has 1 fully saturated rings. The molecule has 4 nitrogen and oxygen atoms in total. The maximum atomic E-state index is 12.4. The van der Waals surface area contributed by atoms with Crippen LogP contribution >= 0.6 is 23.2 Å². The number of likely N-dealkylation sites (tertiary alicyclic amines) is 1. The van der Waals surface area contributed by atoms with Gasteiger partial charge >= 0.3 is 0 Å². The van der Waals surface area contributed by atoms with Gasteiger partial charge in [0, 0.05) is 35.8 Å². The molecular formula is C18H22Cl2N2O2. The van der Waals surface area contributed by atoms with Gasteiger partial charge in [-0.3, -0.25) is 9.59 Å². The molecule has 1 aromatic carbocycles. The highest BCUT2D eigenvalue weighted by molar-refractivity contribution is 6.34. The van der Waals surface area contributed by atoms with Crippen LogP contribution in [0.5, 0.6) is 0 Å². The van der Waals surface area contributed by atoms with Crippen molar-refractivity contribution in [3.63, 3.8) is 0 Å². The SMILES string of the molecule is CCCNC(=O)C1CCCN(C(=O)/C=C/c2cc(Cl)ccc2Cl)C1. The van der Waals surface area contributed by atoms with Crippen LogP contribution in [0, 0.1) is 5.92 Å². The molecule has 1 N–H and O–H groups in total. The monoisotopic (exact) mass is 368 g/mol. The number of piperidine rings is 1. The predicted octanol–water partition coefficient (Wildman–Crippen LogP) is 3.77. The number of halogens is 2. The fourth-order valence-electron chi connectivity index (χ4n) is 2.69. The molecule has 0 bridgehead atoms. The maximum Gasteiger partial charge on any atom is 0.246 e. The summed E-state index contributed by atoms with van der Waals surface area (Å²) in [7, 11) is 0.